The maximum atomic E-state index is 12.8. The van der Waals surface area contributed by atoms with Crippen LogP contribution in [0.4, 0.5) is 0 Å². The Morgan fingerprint density at radius 3 is 2.81 bits per heavy atom. The summed E-state index contributed by atoms with van der Waals surface area (Å²) < 4.78 is 6.00. The van der Waals surface area contributed by atoms with Crippen molar-refractivity contribution in [1.82, 2.24) is 4.98 Å². The molecule has 1 fully saturated rings. The number of hydrogen-bond acceptors (Lipinski definition) is 5. The first-order valence-electron chi connectivity index (χ1n) is 7.32. The van der Waals surface area contributed by atoms with Crippen LogP contribution in [-0.4, -0.2) is 15.8 Å². The van der Waals surface area contributed by atoms with Crippen molar-refractivity contribution in [3.63, 3.8) is 0 Å². The number of rotatable bonds is 4. The van der Waals surface area contributed by atoms with Crippen LogP contribution in [0.15, 0.2) is 20.4 Å². The van der Waals surface area contributed by atoms with Crippen molar-refractivity contribution >= 4 is 22.7 Å². The first-order chi connectivity index (χ1) is 10.0. The number of hydrogen-bond donors (Lipinski definition) is 1. The molecule has 21 heavy (non-hydrogen) atoms. The van der Waals surface area contributed by atoms with Gasteiger partial charge < -0.3 is 9.52 Å². The maximum absolute atomic E-state index is 12.8. The van der Waals surface area contributed by atoms with E-state index in [1.54, 1.807) is 24.8 Å². The van der Waals surface area contributed by atoms with Gasteiger partial charge in [0.05, 0.1) is 17.1 Å². The number of aliphatic hydroxyl groups is 1. The Morgan fingerprint density at radius 2 is 2.24 bits per heavy atom. The van der Waals surface area contributed by atoms with Crippen LogP contribution < -0.4 is 5.43 Å². The average molecular weight is 305 g/mol. The molecule has 1 aliphatic carbocycles. The number of aryl methyl sites for hydroxylation is 1. The lowest BCUT2D eigenvalue weighted by molar-refractivity contribution is 0.194. The molecule has 5 heteroatoms. The van der Waals surface area contributed by atoms with Crippen LogP contribution in [-0.2, 0) is 0 Å². The van der Waals surface area contributed by atoms with Gasteiger partial charge in [-0.25, -0.2) is 0 Å². The van der Waals surface area contributed by atoms with Crippen LogP contribution in [0, 0.1) is 6.92 Å². The molecule has 0 aromatic carbocycles. The molecule has 0 amide bonds. The van der Waals surface area contributed by atoms with Crippen molar-refractivity contribution in [1.29, 1.82) is 0 Å². The van der Waals surface area contributed by atoms with E-state index in [0.717, 1.165) is 29.9 Å². The van der Waals surface area contributed by atoms with Gasteiger partial charge in [-0.3, -0.25) is 9.78 Å². The highest BCUT2D eigenvalue weighted by Gasteiger charge is 2.32. The lowest BCUT2D eigenvalue weighted by Crippen LogP contribution is -2.12. The fourth-order valence-electron chi connectivity index (χ4n) is 2.59. The number of aromatic nitrogens is 1. The van der Waals surface area contributed by atoms with Gasteiger partial charge >= 0.3 is 0 Å². The highest BCUT2D eigenvalue weighted by Crippen LogP contribution is 2.43. The zero-order valence-corrected chi connectivity index (χ0v) is 13.3. The predicted octanol–water partition coefficient (Wildman–Crippen LogP) is 3.54. The molecule has 2 heterocycles. The molecular weight excluding hydrogens is 286 g/mol. The number of nitrogens with zero attached hydrogens (tertiary/aromatic N) is 1. The quantitative estimate of drug-likeness (QED) is 0.875. The molecule has 1 atom stereocenters. The second-order valence-corrected chi connectivity index (χ2v) is 6.78. The minimum Gasteiger partial charge on any atom is -0.447 e. The molecule has 0 bridgehead atoms. The third kappa shape index (κ3) is 2.60. The fourth-order valence-corrected chi connectivity index (χ4v) is 3.41. The molecule has 112 valence electrons. The predicted molar refractivity (Wildman–Crippen MR) is 84.0 cm³/mol. The Balaban J connectivity index is 2.36. The van der Waals surface area contributed by atoms with Crippen molar-refractivity contribution < 1.29 is 9.52 Å². The average Bonchev–Trinajstić information content (AvgIpc) is 3.24. The van der Waals surface area contributed by atoms with Gasteiger partial charge in [-0.15, -0.1) is 0 Å². The van der Waals surface area contributed by atoms with E-state index in [4.69, 9.17) is 4.42 Å². The first-order valence-corrected chi connectivity index (χ1v) is 8.30. The highest BCUT2D eigenvalue weighted by atomic mass is 32.2. The summed E-state index contributed by atoms with van der Waals surface area (Å²) >= 11 is 1.55. The summed E-state index contributed by atoms with van der Waals surface area (Å²) in [6.45, 7) is 5.51. The second-order valence-electron chi connectivity index (χ2n) is 5.54. The molecule has 0 radical (unpaired) electrons. The van der Waals surface area contributed by atoms with E-state index in [-0.39, 0.29) is 5.43 Å². The number of aliphatic hydroxyl groups excluding tert-OH is 1. The zero-order chi connectivity index (χ0) is 15.1. The number of fused-ring (bicyclic) bond motifs is 1. The Labute approximate surface area is 127 Å². The maximum Gasteiger partial charge on any atom is 0.197 e. The fraction of sp³-hybridized carbons (Fsp3) is 0.500. The smallest absolute Gasteiger partial charge is 0.197 e. The van der Waals surface area contributed by atoms with Crippen LogP contribution >= 0.6 is 11.8 Å². The molecule has 2 aromatic rings. The lowest BCUT2D eigenvalue weighted by atomic mass is 10.1. The Hall–Kier alpha value is -1.33. The molecule has 0 spiro atoms. The Kier molecular flexibility index (Phi) is 3.80. The van der Waals surface area contributed by atoms with Crippen LogP contribution in [0.5, 0.6) is 0 Å². The van der Waals surface area contributed by atoms with Gasteiger partial charge in [0, 0.05) is 5.69 Å². The summed E-state index contributed by atoms with van der Waals surface area (Å²) in [5, 5.41) is 11.2. The molecule has 4 nitrogen and oxygen atoms in total. The van der Waals surface area contributed by atoms with E-state index in [1.807, 2.05) is 13.8 Å². The largest absolute Gasteiger partial charge is 0.447 e. The minimum absolute atomic E-state index is 0.0436. The molecule has 0 saturated heterocycles. The summed E-state index contributed by atoms with van der Waals surface area (Å²) in [5.41, 5.74) is 2.46. The van der Waals surface area contributed by atoms with Crippen molar-refractivity contribution in [3.8, 4) is 0 Å². The van der Waals surface area contributed by atoms with Crippen LogP contribution in [0.25, 0.3) is 11.0 Å². The summed E-state index contributed by atoms with van der Waals surface area (Å²) in [6, 6.07) is 1.76. The molecule has 1 unspecified atom stereocenters. The SMILES string of the molecule is CCSc1oc2c(C(C)O)nc(C)cc2c(=O)c1C1CC1. The highest BCUT2D eigenvalue weighted by molar-refractivity contribution is 7.99. The molecule has 1 saturated carbocycles. The second kappa shape index (κ2) is 5.46. The van der Waals surface area contributed by atoms with Crippen LogP contribution in [0.2, 0.25) is 0 Å². The van der Waals surface area contributed by atoms with Crippen molar-refractivity contribution in [3.05, 3.63) is 33.2 Å². The van der Waals surface area contributed by atoms with Gasteiger partial charge in [-0.05, 0) is 44.4 Å². The molecule has 0 aliphatic heterocycles. The van der Waals surface area contributed by atoms with E-state index in [0.29, 0.717) is 27.7 Å². The van der Waals surface area contributed by atoms with Crippen molar-refractivity contribution in [2.24, 2.45) is 0 Å². The molecule has 1 N–H and O–H groups in total. The normalized spacial score (nSPS) is 16.4. The Morgan fingerprint density at radius 1 is 1.52 bits per heavy atom. The summed E-state index contributed by atoms with van der Waals surface area (Å²) in [4.78, 5) is 17.2. The molecule has 3 rings (SSSR count). The lowest BCUT2D eigenvalue weighted by Gasteiger charge is -2.12. The van der Waals surface area contributed by atoms with Crippen LogP contribution in [0.3, 0.4) is 0 Å². The molecular formula is C16H19NO3S. The van der Waals surface area contributed by atoms with Crippen molar-refractivity contribution in [2.45, 2.75) is 50.7 Å². The van der Waals surface area contributed by atoms with E-state index >= 15 is 0 Å². The Bertz CT molecular complexity index is 747. The molecule has 1 aliphatic rings. The summed E-state index contributed by atoms with van der Waals surface area (Å²) in [7, 11) is 0. The van der Waals surface area contributed by atoms with E-state index in [2.05, 4.69) is 4.98 Å². The zero-order valence-electron chi connectivity index (χ0n) is 12.5. The topological polar surface area (TPSA) is 63.3 Å². The summed E-state index contributed by atoms with van der Waals surface area (Å²) in [5.74, 6) is 1.18. The van der Waals surface area contributed by atoms with E-state index in [9.17, 15) is 9.90 Å². The van der Waals surface area contributed by atoms with Gasteiger partial charge in [0.25, 0.3) is 0 Å². The molecule has 2 aromatic heterocycles. The minimum atomic E-state index is -0.762. The number of thioether (sulfide) groups is 1. The monoisotopic (exact) mass is 305 g/mol. The van der Waals surface area contributed by atoms with E-state index < -0.39 is 6.10 Å². The van der Waals surface area contributed by atoms with Gasteiger partial charge in [0.2, 0.25) is 0 Å². The standard InChI is InChI=1S/C16H19NO3S/c1-4-21-16-12(10-5-6-10)14(19)11-7-8(2)17-13(9(3)18)15(11)20-16/h7,9-10,18H,4-6H2,1-3H3. The van der Waals surface area contributed by atoms with E-state index in [1.165, 1.54) is 0 Å². The third-order valence-electron chi connectivity index (χ3n) is 3.69. The first kappa shape index (κ1) is 14.6. The van der Waals surface area contributed by atoms with Crippen LogP contribution in [0.1, 0.15) is 55.7 Å². The van der Waals surface area contributed by atoms with Gasteiger partial charge in [-0.1, -0.05) is 18.7 Å². The van der Waals surface area contributed by atoms with Gasteiger partial charge in [0.15, 0.2) is 16.1 Å². The van der Waals surface area contributed by atoms with Gasteiger partial charge in [0.1, 0.15) is 5.69 Å². The summed E-state index contributed by atoms with van der Waals surface area (Å²) in [6.07, 6.45) is 1.35. The third-order valence-corrected chi connectivity index (χ3v) is 4.54. The van der Waals surface area contributed by atoms with Gasteiger partial charge in [-0.2, -0.15) is 0 Å². The number of pyridine rings is 1. The van der Waals surface area contributed by atoms with Crippen molar-refractivity contribution in [2.75, 3.05) is 5.75 Å².